The third-order valence-corrected chi connectivity index (χ3v) is 7.88. The Morgan fingerprint density at radius 1 is 0.650 bits per heavy atom. The first-order valence-corrected chi connectivity index (χ1v) is 14.5. The molecule has 4 aromatic carbocycles. The summed E-state index contributed by atoms with van der Waals surface area (Å²) in [7, 11) is 0. The summed E-state index contributed by atoms with van der Waals surface area (Å²) >= 11 is 0. The SMILES string of the molecule is Cc1c2c(cc[n+]1Cc1ccccc1)c1ccc(OCCCc3ccccc3)cc1n2CCCc1ccccc1. The number of nitrogens with zero attached hydrogens (tertiary/aromatic N) is 2. The van der Waals surface area contributed by atoms with Gasteiger partial charge in [0, 0.05) is 41.9 Å². The van der Waals surface area contributed by atoms with Crippen LogP contribution in [0.1, 0.15) is 35.2 Å². The molecule has 0 fully saturated rings. The van der Waals surface area contributed by atoms with Crippen LogP contribution in [0.3, 0.4) is 0 Å². The number of aryl methyl sites for hydroxylation is 4. The maximum atomic E-state index is 6.28. The van der Waals surface area contributed by atoms with Gasteiger partial charge < -0.3 is 9.30 Å². The van der Waals surface area contributed by atoms with Gasteiger partial charge in [0.15, 0.2) is 12.7 Å². The lowest BCUT2D eigenvalue weighted by Crippen LogP contribution is -2.37. The van der Waals surface area contributed by atoms with Crippen LogP contribution in [0.2, 0.25) is 0 Å². The van der Waals surface area contributed by atoms with Crippen LogP contribution < -0.4 is 9.30 Å². The van der Waals surface area contributed by atoms with Crippen LogP contribution in [0.5, 0.6) is 5.75 Å². The topological polar surface area (TPSA) is 18.0 Å². The van der Waals surface area contributed by atoms with Crippen molar-refractivity contribution in [2.24, 2.45) is 0 Å². The summed E-state index contributed by atoms with van der Waals surface area (Å²) in [4.78, 5) is 0. The molecule has 0 radical (unpaired) electrons. The summed E-state index contributed by atoms with van der Waals surface area (Å²) in [6, 6.07) is 41.1. The van der Waals surface area contributed by atoms with Gasteiger partial charge in [-0.15, -0.1) is 0 Å². The van der Waals surface area contributed by atoms with Crippen LogP contribution in [0.25, 0.3) is 21.8 Å². The van der Waals surface area contributed by atoms with Gasteiger partial charge in [0.25, 0.3) is 0 Å². The highest BCUT2D eigenvalue weighted by molar-refractivity contribution is 6.08. The first-order chi connectivity index (χ1) is 19.8. The molecule has 40 heavy (non-hydrogen) atoms. The van der Waals surface area contributed by atoms with Crippen molar-refractivity contribution >= 4 is 21.8 Å². The number of rotatable bonds is 11. The number of pyridine rings is 1. The van der Waals surface area contributed by atoms with E-state index < -0.39 is 0 Å². The Morgan fingerprint density at radius 2 is 1.27 bits per heavy atom. The average molecular weight is 526 g/mol. The zero-order chi connectivity index (χ0) is 27.1. The van der Waals surface area contributed by atoms with Gasteiger partial charge in [-0.3, -0.25) is 0 Å². The number of fused-ring (bicyclic) bond motifs is 3. The van der Waals surface area contributed by atoms with E-state index in [1.807, 2.05) is 0 Å². The van der Waals surface area contributed by atoms with Crippen LogP contribution >= 0.6 is 0 Å². The Bertz CT molecular complexity index is 1690. The number of aromatic nitrogens is 2. The van der Waals surface area contributed by atoms with Crippen molar-refractivity contribution in [2.75, 3.05) is 6.61 Å². The summed E-state index contributed by atoms with van der Waals surface area (Å²) in [5, 5.41) is 2.61. The predicted octanol–water partition coefficient (Wildman–Crippen LogP) is 8.08. The molecule has 0 atom stereocenters. The molecule has 0 aliphatic carbocycles. The van der Waals surface area contributed by atoms with Crippen molar-refractivity contribution in [3.05, 3.63) is 144 Å². The molecule has 6 rings (SSSR count). The van der Waals surface area contributed by atoms with E-state index in [0.717, 1.165) is 44.5 Å². The normalized spacial score (nSPS) is 11.3. The van der Waals surface area contributed by atoms with Crippen molar-refractivity contribution in [1.29, 1.82) is 0 Å². The number of ether oxygens (including phenoxy) is 1. The largest absolute Gasteiger partial charge is 0.494 e. The molecule has 0 spiro atoms. The summed E-state index contributed by atoms with van der Waals surface area (Å²) in [5.41, 5.74) is 7.93. The zero-order valence-corrected chi connectivity index (χ0v) is 23.3. The standard InChI is InChI=1S/C37H37N2O/c1-29-37-35(23-25-38(29)28-32-17-9-4-10-18-32)34-22-21-33(40-26-12-20-31-15-7-3-8-16-31)27-36(34)39(37)24-11-19-30-13-5-2-6-14-30/h2-10,13-18,21-23,25,27H,11-12,19-20,24,26,28H2,1H3/q+1. The first kappa shape index (κ1) is 25.9. The van der Waals surface area contributed by atoms with Crippen molar-refractivity contribution in [3.8, 4) is 5.75 Å². The summed E-state index contributed by atoms with van der Waals surface area (Å²) in [6.07, 6.45) is 6.42. The monoisotopic (exact) mass is 525 g/mol. The van der Waals surface area contributed by atoms with Gasteiger partial charge in [-0.25, -0.2) is 0 Å². The maximum Gasteiger partial charge on any atom is 0.203 e. The molecular formula is C37H37N2O+. The molecule has 3 heteroatoms. The second-order valence-corrected chi connectivity index (χ2v) is 10.6. The Labute approximate surface area is 237 Å². The number of hydrogen-bond donors (Lipinski definition) is 0. The Balaban J connectivity index is 1.30. The van der Waals surface area contributed by atoms with E-state index in [-0.39, 0.29) is 0 Å². The summed E-state index contributed by atoms with van der Waals surface area (Å²) < 4.78 is 11.2. The van der Waals surface area contributed by atoms with Crippen molar-refractivity contribution in [1.82, 2.24) is 4.57 Å². The summed E-state index contributed by atoms with van der Waals surface area (Å²) in [5.74, 6) is 0.947. The van der Waals surface area contributed by atoms with Gasteiger partial charge in [0.1, 0.15) is 11.3 Å². The fourth-order valence-electron chi connectivity index (χ4n) is 5.80. The molecule has 0 bridgehead atoms. The van der Waals surface area contributed by atoms with E-state index in [4.69, 9.17) is 4.74 Å². The minimum Gasteiger partial charge on any atom is -0.494 e. The van der Waals surface area contributed by atoms with E-state index in [2.05, 4.69) is 138 Å². The molecule has 0 aliphatic rings. The van der Waals surface area contributed by atoms with Crippen LogP contribution in [0.4, 0.5) is 0 Å². The van der Waals surface area contributed by atoms with Crippen molar-refractivity contribution in [2.45, 2.75) is 45.7 Å². The Hall–Kier alpha value is -4.37. The quantitative estimate of drug-likeness (QED) is 0.123. The second-order valence-electron chi connectivity index (χ2n) is 10.6. The van der Waals surface area contributed by atoms with E-state index in [1.165, 1.54) is 44.2 Å². The molecule has 2 aromatic heterocycles. The molecule has 0 saturated heterocycles. The van der Waals surface area contributed by atoms with Gasteiger partial charge in [0.2, 0.25) is 5.69 Å². The third kappa shape index (κ3) is 5.79. The highest BCUT2D eigenvalue weighted by Gasteiger charge is 2.20. The maximum absolute atomic E-state index is 6.28. The van der Waals surface area contributed by atoms with Gasteiger partial charge in [0.05, 0.1) is 12.1 Å². The molecule has 0 unspecified atom stereocenters. The first-order valence-electron chi connectivity index (χ1n) is 14.5. The zero-order valence-electron chi connectivity index (χ0n) is 23.3. The highest BCUT2D eigenvalue weighted by atomic mass is 16.5. The molecule has 0 aliphatic heterocycles. The lowest BCUT2D eigenvalue weighted by Gasteiger charge is -2.11. The Morgan fingerprint density at radius 3 is 1.95 bits per heavy atom. The lowest BCUT2D eigenvalue weighted by atomic mass is 10.1. The lowest BCUT2D eigenvalue weighted by molar-refractivity contribution is -0.693. The highest BCUT2D eigenvalue weighted by Crippen LogP contribution is 2.33. The van der Waals surface area contributed by atoms with E-state index in [0.29, 0.717) is 6.61 Å². The second kappa shape index (κ2) is 12.2. The molecule has 2 heterocycles. The average Bonchev–Trinajstić information content (AvgIpc) is 3.32. The van der Waals surface area contributed by atoms with Gasteiger partial charge in [-0.05, 0) is 48.9 Å². The van der Waals surface area contributed by atoms with E-state index >= 15 is 0 Å². The number of benzene rings is 4. The van der Waals surface area contributed by atoms with E-state index in [1.54, 1.807) is 0 Å². The van der Waals surface area contributed by atoms with Crippen LogP contribution in [0, 0.1) is 6.92 Å². The molecule has 0 N–H and O–H groups in total. The fourth-order valence-corrected chi connectivity index (χ4v) is 5.80. The van der Waals surface area contributed by atoms with E-state index in [9.17, 15) is 0 Å². The van der Waals surface area contributed by atoms with Gasteiger partial charge in [-0.2, -0.15) is 4.57 Å². The Kier molecular flexibility index (Phi) is 7.90. The fraction of sp³-hybridized carbons (Fsp3) is 0.216. The van der Waals surface area contributed by atoms with Gasteiger partial charge in [-0.1, -0.05) is 91.0 Å². The third-order valence-electron chi connectivity index (χ3n) is 7.88. The summed E-state index contributed by atoms with van der Waals surface area (Å²) in [6.45, 7) is 4.80. The van der Waals surface area contributed by atoms with Crippen LogP contribution in [-0.4, -0.2) is 11.2 Å². The molecular weight excluding hydrogens is 488 g/mol. The van der Waals surface area contributed by atoms with Crippen molar-refractivity contribution in [3.63, 3.8) is 0 Å². The van der Waals surface area contributed by atoms with Gasteiger partial charge >= 0.3 is 0 Å². The number of hydrogen-bond acceptors (Lipinski definition) is 1. The predicted molar refractivity (Wildman–Crippen MR) is 165 cm³/mol. The minimum atomic E-state index is 0.713. The minimum absolute atomic E-state index is 0.713. The molecule has 0 amide bonds. The molecule has 200 valence electrons. The molecule has 6 aromatic rings. The molecule has 3 nitrogen and oxygen atoms in total. The van der Waals surface area contributed by atoms with Crippen LogP contribution in [0.15, 0.2) is 121 Å². The van der Waals surface area contributed by atoms with Crippen molar-refractivity contribution < 1.29 is 9.30 Å². The van der Waals surface area contributed by atoms with Crippen LogP contribution in [-0.2, 0) is 25.9 Å². The molecule has 0 saturated carbocycles. The smallest absolute Gasteiger partial charge is 0.203 e.